The Hall–Kier alpha value is -0.710. The summed E-state index contributed by atoms with van der Waals surface area (Å²) in [5.41, 5.74) is 0. The molecule has 1 saturated heterocycles. The van der Waals surface area contributed by atoms with Crippen molar-refractivity contribution in [3.63, 3.8) is 0 Å². The van der Waals surface area contributed by atoms with Gasteiger partial charge in [-0.1, -0.05) is 6.42 Å². The Morgan fingerprint density at radius 2 is 1.94 bits per heavy atom. The van der Waals surface area contributed by atoms with E-state index >= 15 is 0 Å². The van der Waals surface area contributed by atoms with E-state index in [0.29, 0.717) is 12.5 Å². The highest BCUT2D eigenvalue weighted by atomic mass is 32.2. The molecule has 2 rings (SSSR count). The molecule has 1 aliphatic carbocycles. The van der Waals surface area contributed by atoms with E-state index in [4.69, 9.17) is 5.11 Å². The molecule has 96 valence electrons. The van der Waals surface area contributed by atoms with Crippen molar-refractivity contribution in [1.29, 1.82) is 0 Å². The number of carboxylic acid groups (broad SMARTS) is 1. The maximum Gasteiger partial charge on any atom is 0.307 e. The lowest BCUT2D eigenvalue weighted by Gasteiger charge is -2.28. The molecule has 17 heavy (non-hydrogen) atoms. The molecule has 1 N–H and O–H groups in total. The topological polar surface area (TPSA) is 57.6 Å². The molecule has 5 heteroatoms. The first kappa shape index (κ1) is 12.7. The number of carbonyl (C=O) groups excluding carboxylic acids is 1. The molecular formula is C12H19NO3S. The summed E-state index contributed by atoms with van der Waals surface area (Å²) in [6.45, 7) is 0. The fraction of sp³-hybridized carbons (Fsp3) is 0.833. The van der Waals surface area contributed by atoms with E-state index in [1.807, 2.05) is 18.8 Å². The minimum absolute atomic E-state index is 0.0439. The maximum absolute atomic E-state index is 12.3. The molecular weight excluding hydrogens is 238 g/mol. The van der Waals surface area contributed by atoms with E-state index in [-0.39, 0.29) is 11.8 Å². The van der Waals surface area contributed by atoms with Gasteiger partial charge in [-0.25, -0.2) is 0 Å². The van der Waals surface area contributed by atoms with Gasteiger partial charge < -0.3 is 10.0 Å². The van der Waals surface area contributed by atoms with Gasteiger partial charge >= 0.3 is 5.97 Å². The number of rotatable bonds is 3. The third kappa shape index (κ3) is 2.59. The van der Waals surface area contributed by atoms with Crippen LogP contribution < -0.4 is 0 Å². The fourth-order valence-electron chi connectivity index (χ4n) is 2.82. The van der Waals surface area contributed by atoms with Crippen molar-refractivity contribution in [2.45, 2.75) is 31.7 Å². The lowest BCUT2D eigenvalue weighted by molar-refractivity contribution is -0.149. The summed E-state index contributed by atoms with van der Waals surface area (Å²) in [5.74, 6) is 0.585. The predicted molar refractivity (Wildman–Crippen MR) is 67.0 cm³/mol. The Labute approximate surface area is 106 Å². The maximum atomic E-state index is 12.3. The van der Waals surface area contributed by atoms with Crippen LogP contribution >= 0.6 is 11.8 Å². The monoisotopic (exact) mass is 257 g/mol. The normalized spacial score (nSPS) is 32.6. The molecule has 2 fully saturated rings. The summed E-state index contributed by atoms with van der Waals surface area (Å²) in [7, 11) is 1.83. The summed E-state index contributed by atoms with van der Waals surface area (Å²) < 4.78 is 0. The summed E-state index contributed by atoms with van der Waals surface area (Å²) in [6.07, 6.45) is 3.29. The van der Waals surface area contributed by atoms with Gasteiger partial charge in [-0.15, -0.1) is 0 Å². The summed E-state index contributed by atoms with van der Waals surface area (Å²) in [6, 6.07) is 0.308. The van der Waals surface area contributed by atoms with Crippen LogP contribution in [0.15, 0.2) is 0 Å². The van der Waals surface area contributed by atoms with Gasteiger partial charge in [0.15, 0.2) is 0 Å². The van der Waals surface area contributed by atoms with Gasteiger partial charge in [0.1, 0.15) is 0 Å². The van der Waals surface area contributed by atoms with Crippen LogP contribution in [-0.4, -0.2) is 46.5 Å². The Morgan fingerprint density at radius 1 is 1.24 bits per heavy atom. The highest BCUT2D eigenvalue weighted by molar-refractivity contribution is 7.99. The third-order valence-electron chi connectivity index (χ3n) is 3.95. The lowest BCUT2D eigenvalue weighted by atomic mass is 9.94. The summed E-state index contributed by atoms with van der Waals surface area (Å²) in [5, 5.41) is 9.10. The largest absolute Gasteiger partial charge is 0.481 e. The van der Waals surface area contributed by atoms with Crippen molar-refractivity contribution in [3.8, 4) is 0 Å². The minimum atomic E-state index is -0.810. The molecule has 0 bridgehead atoms. The Morgan fingerprint density at radius 3 is 2.53 bits per heavy atom. The second-order valence-corrected chi connectivity index (χ2v) is 6.10. The Kier molecular flexibility index (Phi) is 3.97. The SMILES string of the molecule is CN(C(=O)C1CCCC1C(=O)O)C1CCSC1. The van der Waals surface area contributed by atoms with E-state index in [9.17, 15) is 9.59 Å². The molecule has 1 heterocycles. The predicted octanol–water partition coefficient (Wildman–Crippen LogP) is 1.45. The molecule has 0 spiro atoms. The standard InChI is InChI=1S/C12H19NO3S/c1-13(8-5-6-17-7-8)11(14)9-3-2-4-10(9)12(15)16/h8-10H,2-7H2,1H3,(H,15,16). The van der Waals surface area contributed by atoms with E-state index < -0.39 is 11.9 Å². The second kappa shape index (κ2) is 5.29. The van der Waals surface area contributed by atoms with Gasteiger partial charge in [-0.3, -0.25) is 9.59 Å². The lowest BCUT2D eigenvalue weighted by Crippen LogP contribution is -2.42. The molecule has 0 aromatic rings. The third-order valence-corrected chi connectivity index (χ3v) is 5.10. The van der Waals surface area contributed by atoms with Crippen LogP contribution in [0.1, 0.15) is 25.7 Å². The quantitative estimate of drug-likeness (QED) is 0.831. The van der Waals surface area contributed by atoms with E-state index in [2.05, 4.69) is 0 Å². The van der Waals surface area contributed by atoms with Gasteiger partial charge in [0.2, 0.25) is 5.91 Å². The molecule has 2 aliphatic rings. The zero-order valence-corrected chi connectivity index (χ0v) is 10.9. The first-order chi connectivity index (χ1) is 8.11. The van der Waals surface area contributed by atoms with Crippen LogP contribution in [-0.2, 0) is 9.59 Å². The molecule has 1 amide bonds. The average Bonchev–Trinajstić information content (AvgIpc) is 2.97. The van der Waals surface area contributed by atoms with Gasteiger partial charge in [0.05, 0.1) is 11.8 Å². The second-order valence-electron chi connectivity index (χ2n) is 4.95. The first-order valence-electron chi connectivity index (χ1n) is 6.18. The molecule has 1 aliphatic heterocycles. The van der Waals surface area contributed by atoms with Crippen LogP contribution in [0.3, 0.4) is 0 Å². The minimum Gasteiger partial charge on any atom is -0.481 e. The first-order valence-corrected chi connectivity index (χ1v) is 7.34. The number of hydrogen-bond acceptors (Lipinski definition) is 3. The van der Waals surface area contributed by atoms with Crippen molar-refractivity contribution in [3.05, 3.63) is 0 Å². The van der Waals surface area contributed by atoms with Crippen molar-refractivity contribution in [1.82, 2.24) is 4.90 Å². The van der Waals surface area contributed by atoms with E-state index in [0.717, 1.165) is 30.8 Å². The van der Waals surface area contributed by atoms with Crippen molar-refractivity contribution in [2.24, 2.45) is 11.8 Å². The summed E-state index contributed by atoms with van der Waals surface area (Å²) in [4.78, 5) is 25.2. The molecule has 3 atom stereocenters. The average molecular weight is 257 g/mol. The van der Waals surface area contributed by atoms with Crippen LogP contribution in [0.25, 0.3) is 0 Å². The van der Waals surface area contributed by atoms with Crippen LogP contribution in [0.4, 0.5) is 0 Å². The van der Waals surface area contributed by atoms with Crippen molar-refractivity contribution >= 4 is 23.6 Å². The molecule has 0 aromatic carbocycles. The van der Waals surface area contributed by atoms with Crippen molar-refractivity contribution < 1.29 is 14.7 Å². The number of thioether (sulfide) groups is 1. The van der Waals surface area contributed by atoms with Crippen molar-refractivity contribution in [2.75, 3.05) is 18.6 Å². The Balaban J connectivity index is 2.00. The molecule has 4 nitrogen and oxygen atoms in total. The van der Waals surface area contributed by atoms with E-state index in [1.54, 1.807) is 4.90 Å². The highest BCUT2D eigenvalue weighted by Crippen LogP contribution is 2.34. The number of hydrogen-bond donors (Lipinski definition) is 1. The molecule has 0 aromatic heterocycles. The van der Waals surface area contributed by atoms with Gasteiger partial charge in [0, 0.05) is 18.8 Å². The number of aliphatic carboxylic acids is 1. The van der Waals surface area contributed by atoms with Crippen LogP contribution in [0, 0.1) is 11.8 Å². The highest BCUT2D eigenvalue weighted by Gasteiger charge is 2.40. The Bertz CT molecular complexity index is 315. The number of carbonyl (C=O) groups is 2. The number of nitrogens with zero attached hydrogens (tertiary/aromatic N) is 1. The van der Waals surface area contributed by atoms with E-state index in [1.165, 1.54) is 0 Å². The molecule has 1 saturated carbocycles. The smallest absolute Gasteiger partial charge is 0.307 e. The molecule has 0 radical (unpaired) electrons. The van der Waals surface area contributed by atoms with Crippen LogP contribution in [0.2, 0.25) is 0 Å². The zero-order valence-electron chi connectivity index (χ0n) is 10.1. The summed E-state index contributed by atoms with van der Waals surface area (Å²) >= 11 is 1.87. The van der Waals surface area contributed by atoms with Crippen LogP contribution in [0.5, 0.6) is 0 Å². The zero-order chi connectivity index (χ0) is 12.4. The van der Waals surface area contributed by atoms with Gasteiger partial charge in [-0.2, -0.15) is 11.8 Å². The molecule has 3 unspecified atom stereocenters. The number of amides is 1. The number of carboxylic acids is 1. The fourth-order valence-corrected chi connectivity index (χ4v) is 4.09. The van der Waals surface area contributed by atoms with Gasteiger partial charge in [-0.05, 0) is 25.0 Å². The van der Waals surface area contributed by atoms with Gasteiger partial charge in [0.25, 0.3) is 0 Å².